The Morgan fingerprint density at radius 2 is 1.83 bits per heavy atom. The van der Waals surface area contributed by atoms with Gasteiger partial charge in [-0.15, -0.1) is 5.10 Å². The number of aromatic nitrogens is 2. The number of nitrogens with one attached hydrogen (secondary N) is 1. The van der Waals surface area contributed by atoms with Crippen LogP contribution in [0.4, 0.5) is 6.01 Å². The maximum atomic E-state index is 12.5. The van der Waals surface area contributed by atoms with Gasteiger partial charge in [0.25, 0.3) is 0 Å². The molecule has 0 atom stereocenters. The minimum Gasteiger partial charge on any atom is -0.497 e. The van der Waals surface area contributed by atoms with Crippen molar-refractivity contribution in [2.24, 2.45) is 5.92 Å². The normalized spacial score (nSPS) is 18.4. The molecular weight excluding hydrogens is 382 g/mol. The summed E-state index contributed by atoms with van der Waals surface area (Å²) in [6, 6.07) is 8.06. The number of benzene rings is 1. The van der Waals surface area contributed by atoms with E-state index in [1.165, 1.54) is 19.3 Å². The summed E-state index contributed by atoms with van der Waals surface area (Å²) in [5.74, 6) is 1.52. The molecule has 1 amide bonds. The summed E-state index contributed by atoms with van der Waals surface area (Å²) in [6.45, 7) is 5.52. The molecular formula is C22H31N5O3. The molecule has 0 bridgehead atoms. The maximum Gasteiger partial charge on any atom is 0.318 e. The Kier molecular flexibility index (Phi) is 6.84. The van der Waals surface area contributed by atoms with Crippen LogP contribution >= 0.6 is 0 Å². The van der Waals surface area contributed by atoms with E-state index < -0.39 is 0 Å². The first kappa shape index (κ1) is 20.7. The number of nitrogens with zero attached hydrogens (tertiary/aromatic N) is 4. The number of amides is 1. The Balaban J connectivity index is 1.23. The summed E-state index contributed by atoms with van der Waals surface area (Å²) in [6.07, 6.45) is 5.50. The zero-order valence-corrected chi connectivity index (χ0v) is 17.7. The van der Waals surface area contributed by atoms with E-state index in [-0.39, 0.29) is 11.8 Å². The standard InChI is InChI=1S/C22H31N5O3/c1-29-19-7-5-18(6-8-19)21-24-25-22(30-21)27-14-9-17(10-15-27)20(28)23-11-16-26-12-3-2-4-13-26/h5-8,17H,2-4,9-16H2,1H3,(H,23,28). The van der Waals surface area contributed by atoms with Crippen LogP contribution in [0, 0.1) is 5.92 Å². The van der Waals surface area contributed by atoms with Crippen molar-refractivity contribution in [3.05, 3.63) is 24.3 Å². The van der Waals surface area contributed by atoms with Crippen molar-refractivity contribution in [1.82, 2.24) is 20.4 Å². The second-order valence-electron chi connectivity index (χ2n) is 8.07. The lowest BCUT2D eigenvalue weighted by molar-refractivity contribution is -0.125. The maximum absolute atomic E-state index is 12.5. The van der Waals surface area contributed by atoms with Crippen molar-refractivity contribution in [3.8, 4) is 17.2 Å². The van der Waals surface area contributed by atoms with E-state index in [2.05, 4.69) is 25.3 Å². The smallest absolute Gasteiger partial charge is 0.318 e. The summed E-state index contributed by atoms with van der Waals surface area (Å²) >= 11 is 0. The Morgan fingerprint density at radius 1 is 1.10 bits per heavy atom. The highest BCUT2D eigenvalue weighted by molar-refractivity contribution is 5.78. The number of likely N-dealkylation sites (tertiary alicyclic amines) is 1. The van der Waals surface area contributed by atoms with Crippen LogP contribution in [0.5, 0.6) is 5.75 Å². The van der Waals surface area contributed by atoms with Crippen LogP contribution in [0.3, 0.4) is 0 Å². The number of rotatable bonds is 7. The van der Waals surface area contributed by atoms with Crippen molar-refractivity contribution in [2.75, 3.05) is 51.3 Å². The van der Waals surface area contributed by atoms with Crippen molar-refractivity contribution in [1.29, 1.82) is 0 Å². The molecule has 162 valence electrons. The van der Waals surface area contributed by atoms with E-state index >= 15 is 0 Å². The first-order chi connectivity index (χ1) is 14.7. The predicted octanol–water partition coefficient (Wildman–Crippen LogP) is 2.56. The van der Waals surface area contributed by atoms with Gasteiger partial charge in [0.05, 0.1) is 7.11 Å². The lowest BCUT2D eigenvalue weighted by Crippen LogP contribution is -2.43. The fourth-order valence-electron chi connectivity index (χ4n) is 4.19. The number of carbonyl (C=O) groups is 1. The monoisotopic (exact) mass is 413 g/mol. The van der Waals surface area contributed by atoms with E-state index in [1.54, 1.807) is 7.11 Å². The highest BCUT2D eigenvalue weighted by Crippen LogP contribution is 2.27. The van der Waals surface area contributed by atoms with Gasteiger partial charge in [-0.3, -0.25) is 4.79 Å². The minimum absolute atomic E-state index is 0.0617. The van der Waals surface area contributed by atoms with Gasteiger partial charge in [-0.05, 0) is 63.0 Å². The molecule has 2 aliphatic rings. The quantitative estimate of drug-likeness (QED) is 0.747. The fraction of sp³-hybridized carbons (Fsp3) is 0.591. The third-order valence-corrected chi connectivity index (χ3v) is 6.06. The fourth-order valence-corrected chi connectivity index (χ4v) is 4.19. The molecule has 2 fully saturated rings. The average Bonchev–Trinajstić information content (AvgIpc) is 3.30. The van der Waals surface area contributed by atoms with Crippen LogP contribution < -0.4 is 15.0 Å². The number of ether oxygens (including phenoxy) is 1. The first-order valence-corrected chi connectivity index (χ1v) is 11.0. The molecule has 0 saturated carbocycles. The van der Waals surface area contributed by atoms with Crippen molar-refractivity contribution >= 4 is 11.9 Å². The van der Waals surface area contributed by atoms with Crippen LogP contribution in [0.25, 0.3) is 11.5 Å². The lowest BCUT2D eigenvalue weighted by atomic mass is 9.96. The molecule has 30 heavy (non-hydrogen) atoms. The molecule has 1 aromatic carbocycles. The second kappa shape index (κ2) is 9.93. The molecule has 4 rings (SSSR count). The number of anilines is 1. The van der Waals surface area contributed by atoms with Crippen LogP contribution in [0.2, 0.25) is 0 Å². The van der Waals surface area contributed by atoms with Crippen molar-refractivity contribution in [2.45, 2.75) is 32.1 Å². The average molecular weight is 414 g/mol. The van der Waals surface area contributed by atoms with E-state index in [0.29, 0.717) is 11.9 Å². The molecule has 0 unspecified atom stereocenters. The highest BCUT2D eigenvalue weighted by atomic mass is 16.5. The van der Waals surface area contributed by atoms with Gasteiger partial charge in [-0.2, -0.15) is 0 Å². The number of hydrogen-bond acceptors (Lipinski definition) is 7. The topological polar surface area (TPSA) is 83.7 Å². The van der Waals surface area contributed by atoms with Crippen molar-refractivity contribution < 1.29 is 13.9 Å². The number of piperidine rings is 2. The Morgan fingerprint density at radius 3 is 2.53 bits per heavy atom. The molecule has 2 aromatic rings. The van der Waals surface area contributed by atoms with Gasteiger partial charge in [0.2, 0.25) is 11.8 Å². The van der Waals surface area contributed by atoms with E-state index in [1.807, 2.05) is 24.3 Å². The summed E-state index contributed by atoms with van der Waals surface area (Å²) in [7, 11) is 1.64. The Labute approximate surface area is 177 Å². The highest BCUT2D eigenvalue weighted by Gasteiger charge is 2.27. The number of hydrogen-bond donors (Lipinski definition) is 1. The molecule has 8 nitrogen and oxygen atoms in total. The van der Waals surface area contributed by atoms with Gasteiger partial charge in [0, 0.05) is 37.7 Å². The second-order valence-corrected chi connectivity index (χ2v) is 8.07. The summed E-state index contributed by atoms with van der Waals surface area (Å²) in [4.78, 5) is 17.0. The molecule has 0 radical (unpaired) electrons. The van der Waals surface area contributed by atoms with Crippen LogP contribution in [-0.4, -0.2) is 67.4 Å². The number of methoxy groups -OCH3 is 1. The summed E-state index contributed by atoms with van der Waals surface area (Å²) in [5, 5.41) is 11.5. The molecule has 1 aromatic heterocycles. The molecule has 2 aliphatic heterocycles. The van der Waals surface area contributed by atoms with Crippen LogP contribution in [0.15, 0.2) is 28.7 Å². The molecule has 3 heterocycles. The summed E-state index contributed by atoms with van der Waals surface area (Å²) in [5.41, 5.74) is 0.859. The largest absolute Gasteiger partial charge is 0.497 e. The molecule has 0 aliphatic carbocycles. The van der Waals surface area contributed by atoms with Crippen LogP contribution in [-0.2, 0) is 4.79 Å². The minimum atomic E-state index is 0.0617. The van der Waals surface area contributed by atoms with Gasteiger partial charge >= 0.3 is 6.01 Å². The van der Waals surface area contributed by atoms with E-state index in [9.17, 15) is 4.79 Å². The van der Waals surface area contributed by atoms with Gasteiger partial charge in [0.15, 0.2) is 0 Å². The van der Waals surface area contributed by atoms with E-state index in [4.69, 9.17) is 9.15 Å². The molecule has 0 spiro atoms. The van der Waals surface area contributed by atoms with Gasteiger partial charge < -0.3 is 24.3 Å². The zero-order chi connectivity index (χ0) is 20.8. The molecule has 2 saturated heterocycles. The van der Waals surface area contributed by atoms with Gasteiger partial charge in [-0.25, -0.2) is 0 Å². The third-order valence-electron chi connectivity index (χ3n) is 6.06. The van der Waals surface area contributed by atoms with Gasteiger partial charge in [-0.1, -0.05) is 11.5 Å². The number of carbonyl (C=O) groups excluding carboxylic acids is 1. The molecule has 1 N–H and O–H groups in total. The van der Waals surface area contributed by atoms with Gasteiger partial charge in [0.1, 0.15) is 5.75 Å². The third kappa shape index (κ3) is 5.11. The Bertz CT molecular complexity index is 808. The lowest BCUT2D eigenvalue weighted by Gasteiger charge is -2.30. The SMILES string of the molecule is COc1ccc(-c2nnc(N3CCC(C(=O)NCCN4CCCCC4)CC3)o2)cc1. The predicted molar refractivity (Wildman–Crippen MR) is 115 cm³/mol. The molecule has 8 heteroatoms. The zero-order valence-electron chi connectivity index (χ0n) is 17.7. The van der Waals surface area contributed by atoms with E-state index in [0.717, 1.165) is 63.4 Å². The summed E-state index contributed by atoms with van der Waals surface area (Å²) < 4.78 is 11.0. The first-order valence-electron chi connectivity index (χ1n) is 11.0. The Hall–Kier alpha value is -2.61. The van der Waals surface area contributed by atoms with Crippen LogP contribution in [0.1, 0.15) is 32.1 Å². The van der Waals surface area contributed by atoms with Crippen molar-refractivity contribution in [3.63, 3.8) is 0 Å².